The van der Waals surface area contributed by atoms with Crippen LogP contribution >= 0.6 is 12.2 Å². The van der Waals surface area contributed by atoms with Gasteiger partial charge < -0.3 is 4.98 Å². The second-order valence-corrected chi connectivity index (χ2v) is 4.83. The van der Waals surface area contributed by atoms with Crippen molar-refractivity contribution in [1.29, 1.82) is 0 Å². The molecule has 2 aromatic rings. The minimum atomic E-state index is -0.223. The SMILES string of the molecule is Cc1cc(F)ccc1-n1c(C(C)C)c[nH]c1=S. The van der Waals surface area contributed by atoms with Gasteiger partial charge in [0.2, 0.25) is 0 Å². The van der Waals surface area contributed by atoms with Crippen LogP contribution in [0.5, 0.6) is 0 Å². The van der Waals surface area contributed by atoms with Crippen LogP contribution in [0.2, 0.25) is 0 Å². The van der Waals surface area contributed by atoms with E-state index in [0.29, 0.717) is 10.7 Å². The van der Waals surface area contributed by atoms with Gasteiger partial charge in [0.25, 0.3) is 0 Å². The third-order valence-corrected chi connectivity index (χ3v) is 3.10. The van der Waals surface area contributed by atoms with Crippen LogP contribution in [-0.4, -0.2) is 9.55 Å². The van der Waals surface area contributed by atoms with Crippen molar-refractivity contribution < 1.29 is 4.39 Å². The Morgan fingerprint density at radius 2 is 2.06 bits per heavy atom. The van der Waals surface area contributed by atoms with Crippen LogP contribution in [0.25, 0.3) is 5.69 Å². The minimum Gasteiger partial charge on any atom is -0.337 e. The topological polar surface area (TPSA) is 20.7 Å². The van der Waals surface area contributed by atoms with E-state index in [-0.39, 0.29) is 5.82 Å². The Hall–Kier alpha value is -1.42. The van der Waals surface area contributed by atoms with E-state index in [1.54, 1.807) is 6.07 Å². The third-order valence-electron chi connectivity index (χ3n) is 2.80. The molecule has 90 valence electrons. The molecule has 1 heterocycles. The molecule has 0 fully saturated rings. The number of H-pyrrole nitrogens is 1. The average Bonchev–Trinajstić information content (AvgIpc) is 2.60. The van der Waals surface area contributed by atoms with E-state index in [0.717, 1.165) is 16.9 Å². The van der Waals surface area contributed by atoms with E-state index < -0.39 is 0 Å². The molecule has 17 heavy (non-hydrogen) atoms. The molecule has 1 aromatic carbocycles. The van der Waals surface area contributed by atoms with Crippen LogP contribution in [0, 0.1) is 17.5 Å². The number of hydrogen-bond donors (Lipinski definition) is 1. The molecule has 0 radical (unpaired) electrons. The molecule has 0 aliphatic heterocycles. The van der Waals surface area contributed by atoms with Gasteiger partial charge in [-0.05, 0) is 48.8 Å². The number of benzene rings is 1. The highest BCUT2D eigenvalue weighted by Gasteiger charge is 2.11. The zero-order chi connectivity index (χ0) is 12.6. The van der Waals surface area contributed by atoms with E-state index in [9.17, 15) is 4.39 Å². The monoisotopic (exact) mass is 250 g/mol. The molecule has 0 saturated carbocycles. The predicted octanol–water partition coefficient (Wildman–Crippen LogP) is 4.11. The van der Waals surface area contributed by atoms with Crippen molar-refractivity contribution in [3.63, 3.8) is 0 Å². The Morgan fingerprint density at radius 3 is 2.65 bits per heavy atom. The van der Waals surface area contributed by atoms with Gasteiger partial charge in [-0.3, -0.25) is 4.57 Å². The van der Waals surface area contributed by atoms with Crippen molar-refractivity contribution in [1.82, 2.24) is 9.55 Å². The summed E-state index contributed by atoms with van der Waals surface area (Å²) in [5, 5.41) is 0. The number of hydrogen-bond acceptors (Lipinski definition) is 1. The summed E-state index contributed by atoms with van der Waals surface area (Å²) >= 11 is 5.28. The van der Waals surface area contributed by atoms with Crippen LogP contribution in [-0.2, 0) is 0 Å². The van der Waals surface area contributed by atoms with Crippen molar-refractivity contribution in [3.05, 3.63) is 46.2 Å². The van der Waals surface area contributed by atoms with Crippen LogP contribution < -0.4 is 0 Å². The summed E-state index contributed by atoms with van der Waals surface area (Å²) in [4.78, 5) is 3.04. The average molecular weight is 250 g/mol. The van der Waals surface area contributed by atoms with Crippen molar-refractivity contribution in [2.75, 3.05) is 0 Å². The van der Waals surface area contributed by atoms with Gasteiger partial charge in [0.05, 0.1) is 5.69 Å². The summed E-state index contributed by atoms with van der Waals surface area (Å²) in [5.41, 5.74) is 2.91. The zero-order valence-corrected chi connectivity index (χ0v) is 10.9. The molecule has 0 unspecified atom stereocenters. The van der Waals surface area contributed by atoms with E-state index in [4.69, 9.17) is 12.2 Å². The fraction of sp³-hybridized carbons (Fsp3) is 0.308. The fourth-order valence-corrected chi connectivity index (χ4v) is 2.19. The lowest BCUT2D eigenvalue weighted by molar-refractivity contribution is 0.625. The van der Waals surface area contributed by atoms with Crippen LogP contribution in [0.3, 0.4) is 0 Å². The van der Waals surface area contributed by atoms with Crippen LogP contribution in [0.4, 0.5) is 4.39 Å². The van der Waals surface area contributed by atoms with Crippen LogP contribution in [0.15, 0.2) is 24.4 Å². The number of nitrogens with one attached hydrogen (secondary N) is 1. The standard InChI is InChI=1S/C13H15FN2S/c1-8(2)12-7-15-13(17)16(12)11-5-4-10(14)6-9(11)3/h4-8H,1-3H3,(H,15,17). The van der Waals surface area contributed by atoms with Crippen molar-refractivity contribution in [3.8, 4) is 5.69 Å². The molecular formula is C13H15FN2S. The summed E-state index contributed by atoms with van der Waals surface area (Å²) in [6.45, 7) is 6.10. The predicted molar refractivity (Wildman–Crippen MR) is 69.7 cm³/mol. The highest BCUT2D eigenvalue weighted by atomic mass is 32.1. The molecule has 0 bridgehead atoms. The Bertz CT molecular complexity index is 596. The van der Waals surface area contributed by atoms with Gasteiger partial charge in [-0.25, -0.2) is 4.39 Å². The van der Waals surface area contributed by atoms with Crippen molar-refractivity contribution in [2.45, 2.75) is 26.7 Å². The Kier molecular flexibility index (Phi) is 3.15. The van der Waals surface area contributed by atoms with Gasteiger partial charge in [-0.2, -0.15) is 0 Å². The number of aromatic amines is 1. The van der Waals surface area contributed by atoms with E-state index in [1.165, 1.54) is 12.1 Å². The van der Waals surface area contributed by atoms with Gasteiger partial charge in [0.15, 0.2) is 4.77 Å². The van der Waals surface area contributed by atoms with Gasteiger partial charge in [0, 0.05) is 11.9 Å². The summed E-state index contributed by atoms with van der Waals surface area (Å²) in [6, 6.07) is 4.75. The zero-order valence-electron chi connectivity index (χ0n) is 10.1. The molecule has 2 nitrogen and oxygen atoms in total. The lowest BCUT2D eigenvalue weighted by Crippen LogP contribution is -2.04. The Labute approximate surface area is 105 Å². The molecule has 0 aliphatic rings. The molecule has 0 aliphatic carbocycles. The molecule has 1 aromatic heterocycles. The number of aromatic nitrogens is 2. The minimum absolute atomic E-state index is 0.223. The summed E-state index contributed by atoms with van der Waals surface area (Å²) in [5.74, 6) is 0.131. The molecular weight excluding hydrogens is 235 g/mol. The Balaban J connectivity index is 2.68. The number of imidazole rings is 1. The second-order valence-electron chi connectivity index (χ2n) is 4.44. The van der Waals surface area contributed by atoms with Crippen molar-refractivity contribution >= 4 is 12.2 Å². The van der Waals surface area contributed by atoms with E-state index in [2.05, 4.69) is 18.8 Å². The highest BCUT2D eigenvalue weighted by Crippen LogP contribution is 2.22. The lowest BCUT2D eigenvalue weighted by Gasteiger charge is -2.13. The smallest absolute Gasteiger partial charge is 0.182 e. The number of aryl methyl sites for hydroxylation is 1. The normalized spacial score (nSPS) is 11.1. The molecule has 1 N–H and O–H groups in total. The molecule has 0 spiro atoms. The van der Waals surface area contributed by atoms with Gasteiger partial charge in [0.1, 0.15) is 5.82 Å². The quantitative estimate of drug-likeness (QED) is 0.796. The largest absolute Gasteiger partial charge is 0.337 e. The maximum atomic E-state index is 13.1. The van der Waals surface area contributed by atoms with E-state index in [1.807, 2.05) is 17.7 Å². The molecule has 0 amide bonds. The molecule has 2 rings (SSSR count). The first kappa shape index (κ1) is 12.0. The fourth-order valence-electron chi connectivity index (χ4n) is 1.93. The first-order chi connectivity index (χ1) is 8.00. The summed E-state index contributed by atoms with van der Waals surface area (Å²) in [7, 11) is 0. The van der Waals surface area contributed by atoms with Crippen LogP contribution in [0.1, 0.15) is 31.0 Å². The molecule has 0 atom stereocenters. The van der Waals surface area contributed by atoms with Gasteiger partial charge >= 0.3 is 0 Å². The maximum Gasteiger partial charge on any atom is 0.182 e. The number of rotatable bonds is 2. The van der Waals surface area contributed by atoms with Crippen molar-refractivity contribution in [2.24, 2.45) is 0 Å². The lowest BCUT2D eigenvalue weighted by atomic mass is 10.1. The summed E-state index contributed by atoms with van der Waals surface area (Å²) in [6.07, 6.45) is 1.91. The third kappa shape index (κ3) is 2.17. The first-order valence-electron chi connectivity index (χ1n) is 5.57. The highest BCUT2D eigenvalue weighted by molar-refractivity contribution is 7.71. The molecule has 0 saturated heterocycles. The van der Waals surface area contributed by atoms with Gasteiger partial charge in [-0.1, -0.05) is 13.8 Å². The number of halogens is 1. The Morgan fingerprint density at radius 1 is 1.35 bits per heavy atom. The summed E-state index contributed by atoms with van der Waals surface area (Å²) < 4.78 is 15.7. The molecule has 4 heteroatoms. The van der Waals surface area contributed by atoms with E-state index >= 15 is 0 Å². The van der Waals surface area contributed by atoms with Gasteiger partial charge in [-0.15, -0.1) is 0 Å². The maximum absolute atomic E-state index is 13.1. The first-order valence-corrected chi connectivity index (χ1v) is 5.98. The number of nitrogens with zero attached hydrogens (tertiary/aromatic N) is 1. The second kappa shape index (κ2) is 4.45.